The van der Waals surface area contributed by atoms with E-state index in [0.717, 1.165) is 15.6 Å². The molecular weight excluding hydrogens is 544 g/mol. The predicted octanol–water partition coefficient (Wildman–Crippen LogP) is 4.36. The summed E-state index contributed by atoms with van der Waals surface area (Å²) in [5, 5.41) is 0. The van der Waals surface area contributed by atoms with Crippen molar-refractivity contribution in [1.82, 2.24) is 4.57 Å². The summed E-state index contributed by atoms with van der Waals surface area (Å²) in [5.41, 5.74) is 2.33. The monoisotopic (exact) mass is 570 g/mol. The number of thiazole rings is 1. The van der Waals surface area contributed by atoms with Crippen LogP contribution in [0.15, 0.2) is 68.0 Å². The van der Waals surface area contributed by atoms with Gasteiger partial charge in [-0.1, -0.05) is 48.6 Å². The van der Waals surface area contributed by atoms with E-state index in [-0.39, 0.29) is 11.7 Å². The van der Waals surface area contributed by atoms with E-state index in [1.807, 2.05) is 63.2 Å². The first-order valence-electron chi connectivity index (χ1n) is 11.5. The van der Waals surface area contributed by atoms with Gasteiger partial charge in [0.2, 0.25) is 0 Å². The summed E-state index contributed by atoms with van der Waals surface area (Å²) in [7, 11) is 2.92. The number of esters is 1. The minimum atomic E-state index is -0.630. The van der Waals surface area contributed by atoms with Crippen molar-refractivity contribution >= 4 is 39.3 Å². The second kappa shape index (κ2) is 10.8. The number of nitrogens with zero attached hydrogens (tertiary/aromatic N) is 2. The van der Waals surface area contributed by atoms with Gasteiger partial charge in [0.15, 0.2) is 16.3 Å². The largest absolute Gasteiger partial charge is 0.493 e. The lowest BCUT2D eigenvalue weighted by molar-refractivity contribution is -0.136. The second-order valence-electron chi connectivity index (χ2n) is 8.40. The number of ether oxygens (including phenoxy) is 3. The number of rotatable bonds is 7. The first-order chi connectivity index (χ1) is 17.3. The molecule has 4 rings (SSSR count). The summed E-state index contributed by atoms with van der Waals surface area (Å²) >= 11 is 4.85. The molecule has 2 heterocycles. The van der Waals surface area contributed by atoms with Gasteiger partial charge in [-0.25, -0.2) is 9.79 Å². The van der Waals surface area contributed by atoms with E-state index in [9.17, 15) is 9.59 Å². The topological polar surface area (TPSA) is 79.1 Å². The third kappa shape index (κ3) is 4.90. The van der Waals surface area contributed by atoms with Crippen molar-refractivity contribution in [3.63, 3.8) is 0 Å². The molecule has 1 aromatic heterocycles. The highest BCUT2D eigenvalue weighted by Crippen LogP contribution is 2.37. The zero-order chi connectivity index (χ0) is 26.0. The average Bonchev–Trinajstić information content (AvgIpc) is 3.18. The number of benzene rings is 2. The van der Waals surface area contributed by atoms with Crippen LogP contribution in [-0.4, -0.2) is 30.9 Å². The lowest BCUT2D eigenvalue weighted by Crippen LogP contribution is -2.40. The summed E-state index contributed by atoms with van der Waals surface area (Å²) in [6.45, 7) is 5.82. The standard InChI is InChI=1S/C27H27BrN2O5S/c1-6-19-22(26(32)34-5)23(17-10-8-7-9-11-17)30-25(31)21(36-27(30)29-19)14-16-12-18(28)24(35-15(2)3)20(13-16)33-4/h7-15,23H,6H2,1-5H3/b21-14+/t23-/m1/s1. The van der Waals surface area contributed by atoms with E-state index in [2.05, 4.69) is 15.9 Å². The number of halogens is 1. The van der Waals surface area contributed by atoms with Gasteiger partial charge in [-0.2, -0.15) is 0 Å². The molecule has 2 aromatic carbocycles. The molecule has 9 heteroatoms. The Morgan fingerprint density at radius 1 is 1.22 bits per heavy atom. The normalized spacial score (nSPS) is 15.5. The number of carbonyl (C=O) groups excluding carboxylic acids is 1. The van der Waals surface area contributed by atoms with Gasteiger partial charge in [0.25, 0.3) is 5.56 Å². The number of hydrogen-bond donors (Lipinski definition) is 0. The number of aromatic nitrogens is 1. The lowest BCUT2D eigenvalue weighted by Gasteiger charge is -2.25. The Labute approximate surface area is 221 Å². The highest BCUT2D eigenvalue weighted by Gasteiger charge is 2.33. The van der Waals surface area contributed by atoms with Gasteiger partial charge >= 0.3 is 5.97 Å². The molecule has 1 aliphatic heterocycles. The van der Waals surface area contributed by atoms with Crippen LogP contribution < -0.4 is 24.4 Å². The van der Waals surface area contributed by atoms with Gasteiger partial charge in [-0.15, -0.1) is 0 Å². The van der Waals surface area contributed by atoms with Crippen LogP contribution in [0.4, 0.5) is 0 Å². The third-order valence-electron chi connectivity index (χ3n) is 5.67. The molecule has 0 N–H and O–H groups in total. The Kier molecular flexibility index (Phi) is 7.80. The Morgan fingerprint density at radius 3 is 2.56 bits per heavy atom. The highest BCUT2D eigenvalue weighted by atomic mass is 79.9. The Bertz CT molecular complexity index is 1510. The van der Waals surface area contributed by atoms with Crippen molar-refractivity contribution in [3.05, 3.63) is 89.0 Å². The van der Waals surface area contributed by atoms with Crippen LogP contribution in [-0.2, 0) is 9.53 Å². The van der Waals surface area contributed by atoms with Gasteiger partial charge < -0.3 is 14.2 Å². The van der Waals surface area contributed by atoms with Crippen molar-refractivity contribution in [2.75, 3.05) is 14.2 Å². The van der Waals surface area contributed by atoms with Gasteiger partial charge in [-0.3, -0.25) is 9.36 Å². The SMILES string of the molecule is CCC1=C(C(=O)OC)[C@@H](c2ccccc2)n2c(s/c(=C/c3cc(Br)c(OC(C)C)c(OC)c3)c2=O)=N1. The van der Waals surface area contributed by atoms with Crippen LogP contribution in [0.2, 0.25) is 0 Å². The van der Waals surface area contributed by atoms with Crippen LogP contribution in [0.3, 0.4) is 0 Å². The van der Waals surface area contributed by atoms with Crippen molar-refractivity contribution in [2.45, 2.75) is 39.3 Å². The quantitative estimate of drug-likeness (QED) is 0.394. The molecule has 0 saturated heterocycles. The second-order valence-corrected chi connectivity index (χ2v) is 10.3. The van der Waals surface area contributed by atoms with E-state index >= 15 is 0 Å². The highest BCUT2D eigenvalue weighted by molar-refractivity contribution is 9.10. The number of methoxy groups -OCH3 is 2. The van der Waals surface area contributed by atoms with Crippen molar-refractivity contribution < 1.29 is 19.0 Å². The first-order valence-corrected chi connectivity index (χ1v) is 13.1. The van der Waals surface area contributed by atoms with Crippen LogP contribution in [0, 0.1) is 0 Å². The van der Waals surface area contributed by atoms with Gasteiger partial charge in [-0.05, 0) is 65.5 Å². The van der Waals surface area contributed by atoms with Crippen molar-refractivity contribution in [1.29, 1.82) is 0 Å². The minimum Gasteiger partial charge on any atom is -0.493 e. The number of carbonyl (C=O) groups is 1. The van der Waals surface area contributed by atoms with Crippen LogP contribution in [0.5, 0.6) is 11.5 Å². The molecule has 0 unspecified atom stereocenters. The number of allylic oxidation sites excluding steroid dienone is 1. The molecule has 188 valence electrons. The van der Waals surface area contributed by atoms with E-state index in [4.69, 9.17) is 19.2 Å². The zero-order valence-electron chi connectivity index (χ0n) is 20.7. The fourth-order valence-corrected chi connectivity index (χ4v) is 5.71. The average molecular weight is 571 g/mol. The lowest BCUT2D eigenvalue weighted by atomic mass is 9.95. The predicted molar refractivity (Wildman–Crippen MR) is 143 cm³/mol. The first kappa shape index (κ1) is 25.9. The molecule has 36 heavy (non-hydrogen) atoms. The van der Waals surface area contributed by atoms with Crippen LogP contribution in [0.1, 0.15) is 44.4 Å². The van der Waals surface area contributed by atoms with Gasteiger partial charge in [0.1, 0.15) is 0 Å². The molecular formula is C27H27BrN2O5S. The molecule has 0 fully saturated rings. The summed E-state index contributed by atoms with van der Waals surface area (Å²) in [6.07, 6.45) is 2.30. The van der Waals surface area contributed by atoms with E-state index in [1.165, 1.54) is 18.4 Å². The molecule has 7 nitrogen and oxygen atoms in total. The van der Waals surface area contributed by atoms with Gasteiger partial charge in [0, 0.05) is 0 Å². The van der Waals surface area contributed by atoms with Crippen molar-refractivity contribution in [3.8, 4) is 11.5 Å². The van der Waals surface area contributed by atoms with Crippen LogP contribution >= 0.6 is 27.3 Å². The van der Waals surface area contributed by atoms with E-state index < -0.39 is 12.0 Å². The molecule has 0 aliphatic carbocycles. The number of fused-ring (bicyclic) bond motifs is 1. The summed E-state index contributed by atoms with van der Waals surface area (Å²) in [4.78, 5) is 31.8. The Balaban J connectivity index is 1.93. The Hall–Kier alpha value is -3.17. The summed E-state index contributed by atoms with van der Waals surface area (Å²) < 4.78 is 19.3. The molecule has 0 saturated carbocycles. The number of hydrogen-bond acceptors (Lipinski definition) is 7. The molecule has 0 radical (unpaired) electrons. The minimum absolute atomic E-state index is 0.0282. The summed E-state index contributed by atoms with van der Waals surface area (Å²) in [6, 6.07) is 12.5. The molecule has 0 amide bonds. The van der Waals surface area contributed by atoms with E-state index in [1.54, 1.807) is 17.8 Å². The Morgan fingerprint density at radius 2 is 1.94 bits per heavy atom. The van der Waals surface area contributed by atoms with Gasteiger partial charge in [0.05, 0.1) is 46.6 Å². The van der Waals surface area contributed by atoms with Crippen molar-refractivity contribution in [2.24, 2.45) is 4.99 Å². The maximum atomic E-state index is 13.7. The molecule has 0 spiro atoms. The van der Waals surface area contributed by atoms with Crippen LogP contribution in [0.25, 0.3) is 6.08 Å². The maximum absolute atomic E-state index is 13.7. The fraction of sp³-hybridized carbons (Fsp3) is 0.296. The maximum Gasteiger partial charge on any atom is 0.338 e. The molecule has 1 aliphatic rings. The molecule has 0 bridgehead atoms. The van der Waals surface area contributed by atoms with E-state index in [0.29, 0.717) is 38.5 Å². The summed E-state index contributed by atoms with van der Waals surface area (Å²) in [5.74, 6) is 0.666. The molecule has 1 atom stereocenters. The fourth-order valence-electron chi connectivity index (χ4n) is 4.14. The zero-order valence-corrected chi connectivity index (χ0v) is 23.1. The third-order valence-corrected chi connectivity index (χ3v) is 7.24. The smallest absolute Gasteiger partial charge is 0.338 e. The molecule has 3 aromatic rings.